The molecule has 1 aliphatic carbocycles. The van der Waals surface area contributed by atoms with Gasteiger partial charge in [-0.05, 0) is 31.4 Å². The summed E-state index contributed by atoms with van der Waals surface area (Å²) in [5, 5.41) is 10.3. The van der Waals surface area contributed by atoms with Gasteiger partial charge in [-0.3, -0.25) is 0 Å². The summed E-state index contributed by atoms with van der Waals surface area (Å²) in [6.45, 7) is 2.16. The number of thiophene rings is 1. The van der Waals surface area contributed by atoms with E-state index in [2.05, 4.69) is 28.6 Å². The minimum atomic E-state index is -0.434. The Morgan fingerprint density at radius 1 is 1.44 bits per heavy atom. The van der Waals surface area contributed by atoms with Crippen LogP contribution in [0.25, 0.3) is 0 Å². The van der Waals surface area contributed by atoms with E-state index < -0.39 is 6.10 Å². The Balaban J connectivity index is 1.73. The molecule has 96 valence electrons. The molecule has 1 unspecified atom stereocenters. The predicted molar refractivity (Wildman–Crippen MR) is 72.9 cm³/mol. The fourth-order valence-corrected chi connectivity index (χ4v) is 3.24. The lowest BCUT2D eigenvalue weighted by molar-refractivity contribution is 0.169. The Bertz CT molecular complexity index is 527. The minimum absolute atomic E-state index is 0.434. The van der Waals surface area contributed by atoms with E-state index in [0.29, 0.717) is 12.5 Å². The van der Waals surface area contributed by atoms with Crippen molar-refractivity contribution in [2.75, 3.05) is 0 Å². The lowest BCUT2D eigenvalue weighted by Gasteiger charge is -2.12. The van der Waals surface area contributed by atoms with Crippen LogP contribution in [0.1, 0.15) is 47.4 Å². The van der Waals surface area contributed by atoms with Crippen LogP contribution < -0.4 is 0 Å². The van der Waals surface area contributed by atoms with Crippen molar-refractivity contribution in [2.45, 2.75) is 44.8 Å². The van der Waals surface area contributed by atoms with Crippen LogP contribution in [0.3, 0.4) is 0 Å². The second-order valence-electron chi connectivity index (χ2n) is 4.90. The van der Waals surface area contributed by atoms with Gasteiger partial charge in [-0.1, -0.05) is 6.92 Å². The van der Waals surface area contributed by atoms with Gasteiger partial charge in [0.05, 0.1) is 18.2 Å². The van der Waals surface area contributed by atoms with Gasteiger partial charge in [-0.25, -0.2) is 4.98 Å². The van der Waals surface area contributed by atoms with Crippen LogP contribution in [-0.2, 0) is 12.8 Å². The van der Waals surface area contributed by atoms with E-state index in [9.17, 15) is 5.11 Å². The fourth-order valence-electron chi connectivity index (χ4n) is 2.25. The monoisotopic (exact) mass is 262 g/mol. The van der Waals surface area contributed by atoms with Crippen LogP contribution in [0.2, 0.25) is 0 Å². The topological polar surface area (TPSA) is 38.1 Å². The van der Waals surface area contributed by atoms with Crippen molar-refractivity contribution in [3.8, 4) is 0 Å². The number of aryl methyl sites for hydroxylation is 1. The third-order valence-electron chi connectivity index (χ3n) is 3.44. The van der Waals surface area contributed by atoms with Gasteiger partial charge in [0.2, 0.25) is 0 Å². The molecular weight excluding hydrogens is 244 g/mol. The van der Waals surface area contributed by atoms with Crippen molar-refractivity contribution in [3.05, 3.63) is 40.1 Å². The molecule has 0 aliphatic heterocycles. The maximum atomic E-state index is 10.3. The van der Waals surface area contributed by atoms with Gasteiger partial charge in [0.15, 0.2) is 0 Å². The van der Waals surface area contributed by atoms with E-state index in [1.54, 1.807) is 17.5 Å². The van der Waals surface area contributed by atoms with Crippen LogP contribution in [0.4, 0.5) is 0 Å². The van der Waals surface area contributed by atoms with E-state index in [1.165, 1.54) is 22.6 Å². The molecule has 3 nitrogen and oxygen atoms in total. The quantitative estimate of drug-likeness (QED) is 0.899. The summed E-state index contributed by atoms with van der Waals surface area (Å²) in [6.07, 6.45) is 7.42. The second-order valence-corrected chi connectivity index (χ2v) is 6.15. The van der Waals surface area contributed by atoms with Crippen LogP contribution in [0.5, 0.6) is 0 Å². The Morgan fingerprint density at radius 2 is 2.22 bits per heavy atom. The molecule has 0 spiro atoms. The third-order valence-corrected chi connectivity index (χ3v) is 4.69. The minimum Gasteiger partial charge on any atom is -0.386 e. The summed E-state index contributed by atoms with van der Waals surface area (Å²) in [6, 6.07) is 4.86. The molecule has 1 fully saturated rings. The van der Waals surface area contributed by atoms with E-state index in [-0.39, 0.29) is 0 Å². The summed E-state index contributed by atoms with van der Waals surface area (Å²) in [7, 11) is 0. The largest absolute Gasteiger partial charge is 0.386 e. The van der Waals surface area contributed by atoms with Crippen LogP contribution in [0, 0.1) is 0 Å². The standard InChI is InChI=1S/C14H18N2OS/c1-2-11-5-6-12(18-11)7-14(17)13-8-15-9-16(13)10-3-4-10/h5-6,8-10,14,17H,2-4,7H2,1H3. The Labute approximate surface area is 111 Å². The molecule has 3 rings (SSSR count). The molecule has 4 heteroatoms. The summed E-state index contributed by atoms with van der Waals surface area (Å²) in [5.41, 5.74) is 0.962. The average Bonchev–Trinajstić information content (AvgIpc) is 2.93. The highest BCUT2D eigenvalue weighted by atomic mass is 32.1. The van der Waals surface area contributed by atoms with Gasteiger partial charge in [0, 0.05) is 22.2 Å². The smallest absolute Gasteiger partial charge is 0.100 e. The summed E-state index contributed by atoms with van der Waals surface area (Å²) >= 11 is 1.80. The summed E-state index contributed by atoms with van der Waals surface area (Å²) in [5.74, 6) is 0. The molecule has 1 aliphatic rings. The molecule has 0 saturated heterocycles. The molecule has 1 N–H and O–H groups in total. The van der Waals surface area contributed by atoms with Gasteiger partial charge >= 0.3 is 0 Å². The van der Waals surface area contributed by atoms with E-state index in [4.69, 9.17) is 0 Å². The normalized spacial score (nSPS) is 17.0. The van der Waals surface area contributed by atoms with Crippen molar-refractivity contribution >= 4 is 11.3 Å². The Kier molecular flexibility index (Phi) is 3.22. The SMILES string of the molecule is CCc1ccc(CC(O)c2cncn2C2CC2)s1. The van der Waals surface area contributed by atoms with E-state index >= 15 is 0 Å². The van der Waals surface area contributed by atoms with Crippen molar-refractivity contribution in [2.24, 2.45) is 0 Å². The number of hydrogen-bond acceptors (Lipinski definition) is 3. The first kappa shape index (κ1) is 11.9. The first-order valence-corrected chi connectivity index (χ1v) is 7.37. The molecule has 0 radical (unpaired) electrons. The van der Waals surface area contributed by atoms with E-state index in [1.807, 2.05) is 6.33 Å². The molecular formula is C14H18N2OS. The number of aliphatic hydroxyl groups is 1. The van der Waals surface area contributed by atoms with Gasteiger partial charge < -0.3 is 9.67 Å². The molecule has 0 amide bonds. The Morgan fingerprint density at radius 3 is 2.89 bits per heavy atom. The maximum Gasteiger partial charge on any atom is 0.100 e. The number of imidazole rings is 1. The number of nitrogens with zero attached hydrogens (tertiary/aromatic N) is 2. The average molecular weight is 262 g/mol. The zero-order valence-corrected chi connectivity index (χ0v) is 11.4. The lowest BCUT2D eigenvalue weighted by Crippen LogP contribution is -2.07. The first-order chi connectivity index (χ1) is 8.78. The van der Waals surface area contributed by atoms with Crippen LogP contribution in [-0.4, -0.2) is 14.7 Å². The maximum absolute atomic E-state index is 10.3. The Hall–Kier alpha value is -1.13. The van der Waals surface area contributed by atoms with Crippen molar-refractivity contribution < 1.29 is 5.11 Å². The molecule has 0 bridgehead atoms. The second kappa shape index (κ2) is 4.86. The molecule has 1 atom stereocenters. The number of aromatic nitrogens is 2. The molecule has 1 saturated carbocycles. The number of hydrogen-bond donors (Lipinski definition) is 1. The third kappa shape index (κ3) is 2.35. The highest BCUT2D eigenvalue weighted by Crippen LogP contribution is 2.37. The van der Waals surface area contributed by atoms with Gasteiger partial charge in [-0.15, -0.1) is 11.3 Å². The zero-order valence-electron chi connectivity index (χ0n) is 10.5. The number of aliphatic hydroxyl groups excluding tert-OH is 1. The fraction of sp³-hybridized carbons (Fsp3) is 0.500. The summed E-state index contributed by atoms with van der Waals surface area (Å²) < 4.78 is 2.14. The molecule has 2 aromatic heterocycles. The first-order valence-electron chi connectivity index (χ1n) is 6.55. The van der Waals surface area contributed by atoms with E-state index in [0.717, 1.165) is 12.1 Å². The molecule has 2 heterocycles. The zero-order chi connectivity index (χ0) is 12.5. The van der Waals surface area contributed by atoms with Crippen molar-refractivity contribution in [1.29, 1.82) is 0 Å². The summed E-state index contributed by atoms with van der Waals surface area (Å²) in [4.78, 5) is 6.81. The number of rotatable bonds is 5. The van der Waals surface area contributed by atoms with Gasteiger partial charge in [0.25, 0.3) is 0 Å². The highest BCUT2D eigenvalue weighted by Gasteiger charge is 2.27. The van der Waals surface area contributed by atoms with Crippen molar-refractivity contribution in [3.63, 3.8) is 0 Å². The van der Waals surface area contributed by atoms with Gasteiger partial charge in [-0.2, -0.15) is 0 Å². The lowest BCUT2D eigenvalue weighted by atomic mass is 10.1. The van der Waals surface area contributed by atoms with Crippen LogP contribution in [0.15, 0.2) is 24.7 Å². The van der Waals surface area contributed by atoms with Gasteiger partial charge in [0.1, 0.15) is 6.10 Å². The van der Waals surface area contributed by atoms with Crippen LogP contribution >= 0.6 is 11.3 Å². The molecule has 0 aromatic carbocycles. The molecule has 18 heavy (non-hydrogen) atoms. The van der Waals surface area contributed by atoms with Crippen molar-refractivity contribution in [1.82, 2.24) is 9.55 Å². The highest BCUT2D eigenvalue weighted by molar-refractivity contribution is 7.11. The predicted octanol–water partition coefficient (Wildman–Crippen LogP) is 3.12. The molecule has 2 aromatic rings.